The number of furan rings is 1. The first-order valence-corrected chi connectivity index (χ1v) is 13.7. The van der Waals surface area contributed by atoms with Crippen molar-refractivity contribution in [3.05, 3.63) is 92.7 Å². The summed E-state index contributed by atoms with van der Waals surface area (Å²) in [5, 5.41) is 10.4. The number of rotatable bonds is 7. The number of carbonyl (C=O) groups excluding carboxylic acids is 2. The number of pyridine rings is 1. The zero-order valence-electron chi connectivity index (χ0n) is 22.1. The Hall–Kier alpha value is -4.14. The Morgan fingerprint density at radius 2 is 2.03 bits per heavy atom. The van der Waals surface area contributed by atoms with Gasteiger partial charge in [-0.1, -0.05) is 38.0 Å². The van der Waals surface area contributed by atoms with Gasteiger partial charge in [-0.15, -0.1) is 11.3 Å². The molecule has 2 N–H and O–H groups in total. The Morgan fingerprint density at radius 1 is 1.18 bits per heavy atom. The van der Waals surface area contributed by atoms with Gasteiger partial charge >= 0.3 is 0 Å². The van der Waals surface area contributed by atoms with Gasteiger partial charge in [0.25, 0.3) is 11.8 Å². The maximum absolute atomic E-state index is 13.3. The topological polar surface area (TPSA) is 133 Å². The molecule has 3 aromatic heterocycles. The molecule has 0 saturated heterocycles. The Balaban J connectivity index is 1.35. The number of fused-ring (bicyclic) bond motifs is 2. The van der Waals surface area contributed by atoms with Crippen LogP contribution in [0.5, 0.6) is 0 Å². The van der Waals surface area contributed by atoms with Crippen molar-refractivity contribution in [2.75, 3.05) is 11.9 Å². The zero-order chi connectivity index (χ0) is 27.6. The predicted molar refractivity (Wildman–Crippen MR) is 152 cm³/mol. The Labute approximate surface area is 230 Å². The second-order valence-corrected chi connectivity index (χ2v) is 12.0. The van der Waals surface area contributed by atoms with Gasteiger partial charge in [0.05, 0.1) is 29.4 Å². The molecule has 39 heavy (non-hydrogen) atoms. The van der Waals surface area contributed by atoms with Gasteiger partial charge in [-0.05, 0) is 89.0 Å². The highest BCUT2D eigenvalue weighted by atomic mass is 32.1. The number of thiophene rings is 1. The van der Waals surface area contributed by atoms with Crippen molar-refractivity contribution in [3.63, 3.8) is 0 Å². The fourth-order valence-corrected chi connectivity index (χ4v) is 6.02. The molecule has 3 heterocycles. The molecule has 1 aromatic carbocycles. The number of aryl methyl sites for hydroxylation is 1. The number of anilines is 1. The normalized spacial score (nSPS) is 15.7. The quantitative estimate of drug-likeness (QED) is 0.147. The molecule has 0 spiro atoms. The first-order chi connectivity index (χ1) is 18.7. The number of hydrogen-bond acceptors (Lipinski definition) is 6. The molecule has 1 aliphatic rings. The van der Waals surface area contributed by atoms with Gasteiger partial charge in [0.15, 0.2) is 5.76 Å². The molecule has 4 aromatic rings. The van der Waals surface area contributed by atoms with Crippen molar-refractivity contribution in [3.8, 4) is 0 Å². The lowest BCUT2D eigenvalue weighted by Crippen LogP contribution is -2.30. The molecule has 0 unspecified atom stereocenters. The van der Waals surface area contributed by atoms with Crippen LogP contribution in [-0.2, 0) is 12.8 Å². The molecule has 10 heteroatoms. The lowest BCUT2D eigenvalue weighted by Gasteiger charge is -2.35. The fraction of sp³-hybridized carbons (Fsp3) is 0.345. The van der Waals surface area contributed by atoms with Gasteiger partial charge in [0, 0.05) is 9.61 Å². The van der Waals surface area contributed by atoms with Gasteiger partial charge in [-0.25, -0.2) is 4.98 Å². The second kappa shape index (κ2) is 10.9. The number of hydrogen-bond donors (Lipinski definition) is 2. The van der Waals surface area contributed by atoms with E-state index in [-0.39, 0.29) is 29.4 Å². The molecule has 0 aliphatic heterocycles. The summed E-state index contributed by atoms with van der Waals surface area (Å²) in [6.45, 7) is 6.88. The highest BCUT2D eigenvalue weighted by Crippen LogP contribution is 2.39. The van der Waals surface area contributed by atoms with Gasteiger partial charge in [-0.2, -0.15) is 0 Å². The van der Waals surface area contributed by atoms with Crippen LogP contribution in [0.4, 0.5) is 5.82 Å². The van der Waals surface area contributed by atoms with Crippen LogP contribution in [0.15, 0.2) is 64.3 Å². The molecule has 5 rings (SSSR count). The summed E-state index contributed by atoms with van der Waals surface area (Å²) in [6, 6.07) is 13.9. The van der Waals surface area contributed by atoms with Crippen LogP contribution in [0.1, 0.15) is 70.3 Å². The van der Waals surface area contributed by atoms with Gasteiger partial charge in [0.1, 0.15) is 5.82 Å². The van der Waals surface area contributed by atoms with E-state index in [0.717, 1.165) is 22.9 Å². The highest BCUT2D eigenvalue weighted by molar-refractivity contribution is 7.20. The number of aromatic nitrogens is 1. The third kappa shape index (κ3) is 5.97. The average Bonchev–Trinajstić information content (AvgIpc) is 3.59. The molecule has 1 aliphatic carbocycles. The van der Waals surface area contributed by atoms with Crippen molar-refractivity contribution >= 4 is 39.1 Å². The number of azide groups is 1. The third-order valence-corrected chi connectivity index (χ3v) is 8.36. The maximum atomic E-state index is 13.3. The van der Waals surface area contributed by atoms with Gasteiger partial charge in [-0.3, -0.25) is 9.59 Å². The lowest BCUT2D eigenvalue weighted by molar-refractivity contribution is 0.0939. The minimum Gasteiger partial charge on any atom is -0.459 e. The Kier molecular flexibility index (Phi) is 7.41. The van der Waals surface area contributed by atoms with E-state index in [9.17, 15) is 9.59 Å². The van der Waals surface area contributed by atoms with Crippen molar-refractivity contribution in [1.82, 2.24) is 10.3 Å². The summed E-state index contributed by atoms with van der Waals surface area (Å²) >= 11 is 1.45. The van der Waals surface area contributed by atoms with E-state index >= 15 is 0 Å². The number of amides is 2. The fourth-order valence-electron chi connectivity index (χ4n) is 5.01. The maximum Gasteiger partial charge on any atom is 0.292 e. The van der Waals surface area contributed by atoms with Crippen LogP contribution in [0.2, 0.25) is 0 Å². The number of nitrogens with zero attached hydrogens (tertiary/aromatic N) is 4. The second-order valence-electron chi connectivity index (χ2n) is 10.9. The van der Waals surface area contributed by atoms with Crippen molar-refractivity contribution in [1.29, 1.82) is 0 Å². The van der Waals surface area contributed by atoms with Crippen LogP contribution >= 0.6 is 11.3 Å². The summed E-state index contributed by atoms with van der Waals surface area (Å²) in [5.41, 5.74) is 12.4. The molecule has 0 saturated carbocycles. The molecular weight excluding hydrogens is 512 g/mol. The predicted octanol–water partition coefficient (Wildman–Crippen LogP) is 7.07. The van der Waals surface area contributed by atoms with E-state index in [1.807, 2.05) is 6.07 Å². The summed E-state index contributed by atoms with van der Waals surface area (Å²) in [6.07, 6.45) is 4.70. The standard InChI is InChI=1S/C29H30N6O3S/c1-29(2,3)20-10-9-17-14-24-19(12-18(17)13-20)15-25(39-24)28(37)33-22(16-31-35-30)21-6-4-8-26(32-21)34-27(36)23-7-5-11-38-23/h4-8,11-12,14-15,20,22H,9-10,13,16H2,1-3H3,(H,33,37)(H,32,34,36)/t20-,22-/m1/s1. The monoisotopic (exact) mass is 542 g/mol. The molecule has 2 atom stereocenters. The van der Waals surface area contributed by atoms with E-state index in [2.05, 4.69) is 58.5 Å². The van der Waals surface area contributed by atoms with Crippen molar-refractivity contribution < 1.29 is 14.0 Å². The summed E-state index contributed by atoms with van der Waals surface area (Å²) in [4.78, 5) is 33.6. The van der Waals surface area contributed by atoms with Gasteiger partial charge in [0.2, 0.25) is 0 Å². The van der Waals surface area contributed by atoms with Crippen molar-refractivity contribution in [2.45, 2.75) is 46.1 Å². The average molecular weight is 543 g/mol. The molecule has 0 fully saturated rings. The van der Waals surface area contributed by atoms with Crippen LogP contribution in [0.3, 0.4) is 0 Å². The Bertz CT molecular complexity index is 1560. The molecule has 9 nitrogen and oxygen atoms in total. The minimum atomic E-state index is -0.681. The van der Waals surface area contributed by atoms with Crippen LogP contribution in [0, 0.1) is 11.3 Å². The van der Waals surface area contributed by atoms with Crippen LogP contribution in [0.25, 0.3) is 20.5 Å². The Morgan fingerprint density at radius 3 is 2.77 bits per heavy atom. The zero-order valence-corrected chi connectivity index (χ0v) is 22.9. The van der Waals surface area contributed by atoms with Crippen LogP contribution in [-0.4, -0.2) is 23.3 Å². The van der Waals surface area contributed by atoms with E-state index < -0.39 is 11.9 Å². The summed E-state index contributed by atoms with van der Waals surface area (Å²) in [5.74, 6) is 0.364. The highest BCUT2D eigenvalue weighted by Gasteiger charge is 2.29. The lowest BCUT2D eigenvalue weighted by atomic mass is 9.70. The first kappa shape index (κ1) is 26.5. The van der Waals surface area contributed by atoms with Crippen molar-refractivity contribution in [2.24, 2.45) is 16.4 Å². The van der Waals surface area contributed by atoms with Crippen LogP contribution < -0.4 is 10.6 Å². The SMILES string of the molecule is CC(C)(C)[C@@H]1CCc2cc3sc(C(=O)N[C@H](CN=[N+]=[N-])c4cccc(NC(=O)c5ccco5)n4)cc3cc2C1. The first-order valence-electron chi connectivity index (χ1n) is 12.9. The van der Waals surface area contributed by atoms with E-state index in [1.54, 1.807) is 30.3 Å². The minimum absolute atomic E-state index is 0.0296. The number of nitrogens with one attached hydrogen (secondary N) is 2. The molecule has 0 bridgehead atoms. The molecule has 2 amide bonds. The third-order valence-electron chi connectivity index (χ3n) is 7.26. The molecular formula is C29H30N6O3S. The largest absolute Gasteiger partial charge is 0.459 e. The van der Waals surface area contributed by atoms with Gasteiger partial charge < -0.3 is 15.1 Å². The number of carbonyl (C=O) groups is 2. The molecule has 0 radical (unpaired) electrons. The number of benzene rings is 1. The smallest absolute Gasteiger partial charge is 0.292 e. The van der Waals surface area contributed by atoms with E-state index in [0.29, 0.717) is 16.5 Å². The van der Waals surface area contributed by atoms with E-state index in [1.165, 1.54) is 35.1 Å². The molecule has 200 valence electrons. The summed E-state index contributed by atoms with van der Waals surface area (Å²) in [7, 11) is 0. The van der Waals surface area contributed by atoms with E-state index in [4.69, 9.17) is 9.95 Å². The summed E-state index contributed by atoms with van der Waals surface area (Å²) < 4.78 is 6.21.